The Hall–Kier alpha value is -0.990. The Labute approximate surface area is 125 Å². The molecule has 0 radical (unpaired) electrons. The van der Waals surface area contributed by atoms with Crippen LogP contribution in [-0.4, -0.2) is 33.0 Å². The van der Waals surface area contributed by atoms with Crippen LogP contribution in [-0.2, 0) is 30.4 Å². The van der Waals surface area contributed by atoms with Gasteiger partial charge in [-0.1, -0.05) is 30.3 Å². The fourth-order valence-electron chi connectivity index (χ4n) is 2.45. The zero-order valence-corrected chi connectivity index (χ0v) is 13.0. The minimum atomic E-state index is -3.92. The Balaban J connectivity index is 1.96. The predicted molar refractivity (Wildman–Crippen MR) is 77.6 cm³/mol. The van der Waals surface area contributed by atoms with Crippen molar-refractivity contribution < 1.29 is 22.1 Å². The van der Waals surface area contributed by atoms with Crippen molar-refractivity contribution in [2.75, 3.05) is 6.61 Å². The molecule has 6 nitrogen and oxygen atoms in total. The second-order valence-corrected chi connectivity index (χ2v) is 6.73. The SMILES string of the molecule is CC1(C)O[C@@H](CCOS(N)(=O)=O)[C@H](Cc2ccccc2)O1. The Morgan fingerprint density at radius 1 is 1.19 bits per heavy atom. The second kappa shape index (κ2) is 6.41. The predicted octanol–water partition coefficient (Wildman–Crippen LogP) is 1.36. The Kier molecular flexibility index (Phi) is 5.00. The van der Waals surface area contributed by atoms with Crippen molar-refractivity contribution >= 4 is 10.3 Å². The topological polar surface area (TPSA) is 87.9 Å². The number of rotatable bonds is 6. The van der Waals surface area contributed by atoms with Crippen LogP contribution in [0.3, 0.4) is 0 Å². The molecule has 2 rings (SSSR count). The summed E-state index contributed by atoms with van der Waals surface area (Å²) in [6.45, 7) is 3.66. The highest BCUT2D eigenvalue weighted by Gasteiger charge is 2.40. The summed E-state index contributed by atoms with van der Waals surface area (Å²) in [5.41, 5.74) is 1.14. The lowest BCUT2D eigenvalue weighted by Crippen LogP contribution is -2.27. The molecular weight excluding hydrogens is 294 g/mol. The molecule has 118 valence electrons. The first-order valence-electron chi connectivity index (χ1n) is 6.82. The van der Waals surface area contributed by atoms with E-state index in [-0.39, 0.29) is 18.8 Å². The zero-order chi connectivity index (χ0) is 15.5. The van der Waals surface area contributed by atoms with E-state index in [1.807, 2.05) is 44.2 Å². The van der Waals surface area contributed by atoms with Gasteiger partial charge in [0.1, 0.15) is 0 Å². The second-order valence-electron chi connectivity index (χ2n) is 5.51. The number of benzene rings is 1. The summed E-state index contributed by atoms with van der Waals surface area (Å²) >= 11 is 0. The van der Waals surface area contributed by atoms with Gasteiger partial charge < -0.3 is 9.47 Å². The Bertz CT molecular complexity index is 558. The molecular formula is C14H21NO5S. The molecule has 1 aliphatic rings. The Morgan fingerprint density at radius 2 is 1.81 bits per heavy atom. The van der Waals surface area contributed by atoms with Gasteiger partial charge in [0, 0.05) is 12.8 Å². The van der Waals surface area contributed by atoms with Crippen LogP contribution in [0.5, 0.6) is 0 Å². The molecule has 0 unspecified atom stereocenters. The molecule has 1 aromatic carbocycles. The van der Waals surface area contributed by atoms with E-state index in [0.29, 0.717) is 12.8 Å². The van der Waals surface area contributed by atoms with Crippen molar-refractivity contribution in [3.8, 4) is 0 Å². The number of ether oxygens (including phenoxy) is 2. The third-order valence-electron chi connectivity index (χ3n) is 3.21. The van der Waals surface area contributed by atoms with Gasteiger partial charge in [0.15, 0.2) is 5.79 Å². The standard InChI is InChI=1S/C14H21NO5S/c1-14(2)19-12(8-9-18-21(15,16)17)13(20-14)10-11-6-4-3-5-7-11/h3-7,12-13H,8-10H2,1-2H3,(H2,15,16,17)/t12-,13-/m0/s1. The lowest BCUT2D eigenvalue weighted by molar-refractivity contribution is -0.146. The minimum Gasteiger partial charge on any atom is -0.344 e. The van der Waals surface area contributed by atoms with Gasteiger partial charge in [0.25, 0.3) is 0 Å². The lowest BCUT2D eigenvalue weighted by atomic mass is 10.0. The third-order valence-corrected chi connectivity index (χ3v) is 3.71. The highest BCUT2D eigenvalue weighted by Crippen LogP contribution is 2.31. The van der Waals surface area contributed by atoms with Gasteiger partial charge in [-0.05, 0) is 19.4 Å². The first kappa shape index (κ1) is 16.4. The van der Waals surface area contributed by atoms with Crippen molar-refractivity contribution in [3.05, 3.63) is 35.9 Å². The summed E-state index contributed by atoms with van der Waals surface area (Å²) in [6.07, 6.45) is 0.718. The first-order chi connectivity index (χ1) is 9.75. The molecule has 1 heterocycles. The normalized spacial score (nSPS) is 25.1. The molecule has 1 aromatic rings. The summed E-state index contributed by atoms with van der Waals surface area (Å²) in [6, 6.07) is 9.93. The van der Waals surface area contributed by atoms with Crippen LogP contribution in [0.1, 0.15) is 25.8 Å². The highest BCUT2D eigenvalue weighted by atomic mass is 32.2. The number of nitrogens with two attached hydrogens (primary N) is 1. The Morgan fingerprint density at radius 3 is 2.43 bits per heavy atom. The minimum absolute atomic E-state index is 0.0196. The van der Waals surface area contributed by atoms with Gasteiger partial charge in [0.2, 0.25) is 0 Å². The molecule has 0 aromatic heterocycles. The highest BCUT2D eigenvalue weighted by molar-refractivity contribution is 7.84. The van der Waals surface area contributed by atoms with E-state index in [2.05, 4.69) is 4.18 Å². The van der Waals surface area contributed by atoms with Crippen molar-refractivity contribution in [1.29, 1.82) is 0 Å². The van der Waals surface area contributed by atoms with E-state index >= 15 is 0 Å². The molecule has 0 amide bonds. The summed E-state index contributed by atoms with van der Waals surface area (Å²) in [5.74, 6) is -0.689. The average molecular weight is 315 g/mol. The van der Waals surface area contributed by atoms with Crippen LogP contribution >= 0.6 is 0 Å². The number of hydrogen-bond acceptors (Lipinski definition) is 5. The maximum Gasteiger partial charge on any atom is 0.333 e. The molecule has 7 heteroatoms. The summed E-state index contributed by atoms with van der Waals surface area (Å²) in [4.78, 5) is 0. The van der Waals surface area contributed by atoms with Crippen molar-refractivity contribution in [1.82, 2.24) is 0 Å². The quantitative estimate of drug-likeness (QED) is 0.856. The maximum atomic E-state index is 10.8. The molecule has 0 bridgehead atoms. The van der Waals surface area contributed by atoms with Gasteiger partial charge in [-0.15, -0.1) is 0 Å². The molecule has 0 spiro atoms. The largest absolute Gasteiger partial charge is 0.344 e. The maximum absolute atomic E-state index is 10.8. The monoisotopic (exact) mass is 315 g/mol. The molecule has 2 atom stereocenters. The molecule has 2 N–H and O–H groups in total. The fraction of sp³-hybridized carbons (Fsp3) is 0.571. The van der Waals surface area contributed by atoms with Crippen LogP contribution in [0.4, 0.5) is 0 Å². The molecule has 0 aliphatic carbocycles. The molecule has 1 fully saturated rings. The molecule has 21 heavy (non-hydrogen) atoms. The van der Waals surface area contributed by atoms with Gasteiger partial charge in [-0.2, -0.15) is 8.42 Å². The van der Waals surface area contributed by atoms with Crippen molar-refractivity contribution in [3.63, 3.8) is 0 Å². The molecule has 1 aliphatic heterocycles. The van der Waals surface area contributed by atoms with Gasteiger partial charge in [-0.25, -0.2) is 5.14 Å². The first-order valence-corrected chi connectivity index (χ1v) is 8.29. The van der Waals surface area contributed by atoms with Crippen LogP contribution in [0.15, 0.2) is 30.3 Å². The number of hydrogen-bond donors (Lipinski definition) is 1. The van der Waals surface area contributed by atoms with Crippen molar-refractivity contribution in [2.45, 2.75) is 44.7 Å². The van der Waals surface area contributed by atoms with Crippen LogP contribution in [0, 0.1) is 0 Å². The van der Waals surface area contributed by atoms with Crippen LogP contribution in [0.2, 0.25) is 0 Å². The van der Waals surface area contributed by atoms with E-state index in [1.165, 1.54) is 0 Å². The van der Waals surface area contributed by atoms with E-state index in [9.17, 15) is 8.42 Å². The molecule has 0 saturated carbocycles. The van der Waals surface area contributed by atoms with Crippen LogP contribution in [0.25, 0.3) is 0 Å². The smallest absolute Gasteiger partial charge is 0.333 e. The summed E-state index contributed by atoms with van der Waals surface area (Å²) in [5, 5.41) is 4.81. The summed E-state index contributed by atoms with van der Waals surface area (Å²) in [7, 11) is -3.92. The third kappa shape index (κ3) is 5.37. The van der Waals surface area contributed by atoms with E-state index in [1.54, 1.807) is 0 Å². The average Bonchev–Trinajstić information content (AvgIpc) is 2.63. The van der Waals surface area contributed by atoms with E-state index in [4.69, 9.17) is 14.6 Å². The zero-order valence-electron chi connectivity index (χ0n) is 12.2. The van der Waals surface area contributed by atoms with Crippen molar-refractivity contribution in [2.24, 2.45) is 5.14 Å². The van der Waals surface area contributed by atoms with Gasteiger partial charge in [0.05, 0.1) is 18.8 Å². The van der Waals surface area contributed by atoms with E-state index < -0.39 is 16.1 Å². The molecule has 1 saturated heterocycles. The lowest BCUT2D eigenvalue weighted by Gasteiger charge is -2.16. The van der Waals surface area contributed by atoms with Gasteiger partial charge in [-0.3, -0.25) is 4.18 Å². The van der Waals surface area contributed by atoms with Crippen LogP contribution < -0.4 is 5.14 Å². The summed E-state index contributed by atoms with van der Waals surface area (Å²) < 4.78 is 37.8. The van der Waals surface area contributed by atoms with Gasteiger partial charge >= 0.3 is 10.3 Å². The van der Waals surface area contributed by atoms with E-state index in [0.717, 1.165) is 5.56 Å². The fourth-order valence-corrected chi connectivity index (χ4v) is 2.78.